The highest BCUT2D eigenvalue weighted by Gasteiger charge is 2.22. The summed E-state index contributed by atoms with van der Waals surface area (Å²) in [5.41, 5.74) is 3.19. The Morgan fingerprint density at radius 3 is 3.05 bits per heavy atom. The number of aromatic nitrogens is 2. The summed E-state index contributed by atoms with van der Waals surface area (Å²) in [7, 11) is 1.91. The van der Waals surface area contributed by atoms with E-state index in [-0.39, 0.29) is 11.9 Å². The van der Waals surface area contributed by atoms with Crippen molar-refractivity contribution in [2.24, 2.45) is 7.05 Å². The van der Waals surface area contributed by atoms with E-state index in [1.54, 1.807) is 4.68 Å². The van der Waals surface area contributed by atoms with Crippen molar-refractivity contribution in [3.8, 4) is 0 Å². The molecule has 0 aliphatic carbocycles. The molecule has 5 heteroatoms. The molecule has 0 saturated carbocycles. The molecule has 0 fully saturated rings. The van der Waals surface area contributed by atoms with Crippen LogP contribution in [0.5, 0.6) is 0 Å². The lowest BCUT2D eigenvalue weighted by Gasteiger charge is -2.14. The fraction of sp³-hybridized carbons (Fsp3) is 0.375. The van der Waals surface area contributed by atoms with Crippen LogP contribution in [0.25, 0.3) is 0 Å². The first-order chi connectivity index (χ1) is 10.2. The van der Waals surface area contributed by atoms with Crippen LogP contribution in [0.3, 0.4) is 0 Å². The van der Waals surface area contributed by atoms with Crippen molar-refractivity contribution in [2.75, 3.05) is 11.9 Å². The molecular formula is C16H20N4O. The summed E-state index contributed by atoms with van der Waals surface area (Å²) in [5, 5.41) is 10.7. The minimum absolute atomic E-state index is 0.0565. The number of nitrogens with one attached hydrogen (secondary N) is 2. The van der Waals surface area contributed by atoms with Crippen LogP contribution in [0.2, 0.25) is 0 Å². The van der Waals surface area contributed by atoms with Crippen molar-refractivity contribution in [2.45, 2.75) is 25.3 Å². The summed E-state index contributed by atoms with van der Waals surface area (Å²) in [6.07, 6.45) is 4.50. The normalized spacial score (nSPS) is 18.0. The summed E-state index contributed by atoms with van der Waals surface area (Å²) in [6.45, 7) is 0.755. The third-order valence-electron chi connectivity index (χ3n) is 3.83. The van der Waals surface area contributed by atoms with E-state index >= 15 is 0 Å². The van der Waals surface area contributed by atoms with Crippen LogP contribution in [0.4, 0.5) is 5.69 Å². The molecule has 1 aliphatic heterocycles. The second kappa shape index (κ2) is 6.10. The van der Waals surface area contributed by atoms with Gasteiger partial charge in [-0.3, -0.25) is 9.48 Å². The number of hydrogen-bond donors (Lipinski definition) is 2. The largest absolute Gasteiger partial charge is 0.324 e. The van der Waals surface area contributed by atoms with E-state index in [0.29, 0.717) is 0 Å². The topological polar surface area (TPSA) is 59.0 Å². The average Bonchev–Trinajstić information content (AvgIpc) is 2.81. The molecule has 1 aliphatic rings. The maximum atomic E-state index is 12.2. The minimum atomic E-state index is -0.138. The maximum Gasteiger partial charge on any atom is 0.241 e. The third-order valence-corrected chi connectivity index (χ3v) is 3.83. The molecular weight excluding hydrogens is 264 g/mol. The van der Waals surface area contributed by atoms with Gasteiger partial charge in [-0.15, -0.1) is 0 Å². The smallest absolute Gasteiger partial charge is 0.241 e. The first kappa shape index (κ1) is 13.8. The fourth-order valence-electron chi connectivity index (χ4n) is 2.68. The maximum absolute atomic E-state index is 12.2. The van der Waals surface area contributed by atoms with Crippen molar-refractivity contribution in [1.29, 1.82) is 0 Å². The molecule has 2 N–H and O–H groups in total. The number of carbonyl (C=O) groups excluding carboxylic acids is 1. The number of para-hydroxylation sites is 1. The number of carbonyl (C=O) groups is 1. The van der Waals surface area contributed by atoms with Gasteiger partial charge in [0.05, 0.1) is 11.7 Å². The monoisotopic (exact) mass is 284 g/mol. The van der Waals surface area contributed by atoms with Gasteiger partial charge in [0, 0.05) is 31.9 Å². The second-order valence-electron chi connectivity index (χ2n) is 5.42. The van der Waals surface area contributed by atoms with Crippen molar-refractivity contribution < 1.29 is 4.79 Å². The molecule has 1 aromatic heterocycles. The van der Waals surface area contributed by atoms with Crippen LogP contribution in [0.1, 0.15) is 17.7 Å². The molecule has 2 aromatic rings. The van der Waals surface area contributed by atoms with Crippen molar-refractivity contribution in [3.63, 3.8) is 0 Å². The predicted octanol–water partition coefficient (Wildman–Crippen LogP) is 1.51. The fourth-order valence-corrected chi connectivity index (χ4v) is 2.68. The van der Waals surface area contributed by atoms with Gasteiger partial charge in [0.2, 0.25) is 5.91 Å². The number of anilines is 1. The number of aryl methyl sites for hydroxylation is 2. The zero-order valence-corrected chi connectivity index (χ0v) is 12.2. The lowest BCUT2D eigenvalue weighted by molar-refractivity contribution is -0.118. The molecule has 110 valence electrons. The van der Waals surface area contributed by atoms with E-state index in [9.17, 15) is 4.79 Å². The second-order valence-corrected chi connectivity index (χ2v) is 5.42. The van der Waals surface area contributed by atoms with E-state index in [4.69, 9.17) is 0 Å². The van der Waals surface area contributed by atoms with Gasteiger partial charge in [-0.1, -0.05) is 18.2 Å². The number of fused-ring (bicyclic) bond motifs is 1. The van der Waals surface area contributed by atoms with E-state index in [0.717, 1.165) is 37.2 Å². The Kier molecular flexibility index (Phi) is 4.01. The Bertz CT molecular complexity index is 635. The van der Waals surface area contributed by atoms with Crippen molar-refractivity contribution in [1.82, 2.24) is 15.1 Å². The standard InChI is InChI=1S/C16H20N4O/c1-20-11-9-13(19-20)8-10-17-15-7-6-12-4-2-3-5-14(12)18-16(15)21/h2-5,9,11,15,17H,6-8,10H2,1H3,(H,18,21). The zero-order valence-electron chi connectivity index (χ0n) is 12.2. The molecule has 1 unspecified atom stereocenters. The van der Waals surface area contributed by atoms with Gasteiger partial charge in [0.1, 0.15) is 0 Å². The zero-order chi connectivity index (χ0) is 14.7. The Morgan fingerprint density at radius 2 is 2.24 bits per heavy atom. The third kappa shape index (κ3) is 3.31. The molecule has 3 rings (SSSR count). The quantitative estimate of drug-likeness (QED) is 0.894. The van der Waals surface area contributed by atoms with Gasteiger partial charge < -0.3 is 10.6 Å². The Morgan fingerprint density at radius 1 is 1.38 bits per heavy atom. The molecule has 5 nitrogen and oxygen atoms in total. The van der Waals surface area contributed by atoms with Crippen molar-refractivity contribution in [3.05, 3.63) is 47.8 Å². The summed E-state index contributed by atoms with van der Waals surface area (Å²) in [4.78, 5) is 12.2. The Hall–Kier alpha value is -2.14. The first-order valence-corrected chi connectivity index (χ1v) is 7.33. The van der Waals surface area contributed by atoms with Crippen LogP contribution >= 0.6 is 0 Å². The van der Waals surface area contributed by atoms with Gasteiger partial charge in [-0.25, -0.2) is 0 Å². The summed E-state index contributed by atoms with van der Waals surface area (Å²) < 4.78 is 1.80. The van der Waals surface area contributed by atoms with Crippen LogP contribution in [0, 0.1) is 0 Å². The minimum Gasteiger partial charge on any atom is -0.324 e. The molecule has 0 saturated heterocycles. The summed E-state index contributed by atoms with van der Waals surface area (Å²) >= 11 is 0. The van der Waals surface area contributed by atoms with Crippen molar-refractivity contribution >= 4 is 11.6 Å². The van der Waals surface area contributed by atoms with E-state index in [2.05, 4.69) is 21.8 Å². The Labute approximate surface area is 124 Å². The number of hydrogen-bond acceptors (Lipinski definition) is 3. The highest BCUT2D eigenvalue weighted by molar-refractivity contribution is 5.96. The van der Waals surface area contributed by atoms with E-state index in [1.165, 1.54) is 5.56 Å². The lowest BCUT2D eigenvalue weighted by Crippen LogP contribution is -2.40. The van der Waals surface area contributed by atoms with Crippen LogP contribution in [0.15, 0.2) is 36.5 Å². The lowest BCUT2D eigenvalue weighted by atomic mass is 10.1. The van der Waals surface area contributed by atoms with Gasteiger partial charge in [-0.05, 0) is 30.5 Å². The highest BCUT2D eigenvalue weighted by atomic mass is 16.2. The number of nitrogens with zero attached hydrogens (tertiary/aromatic N) is 2. The van der Waals surface area contributed by atoms with Crippen LogP contribution in [-0.2, 0) is 24.7 Å². The number of amides is 1. The number of benzene rings is 1. The van der Waals surface area contributed by atoms with Gasteiger partial charge in [-0.2, -0.15) is 5.10 Å². The number of rotatable bonds is 4. The van der Waals surface area contributed by atoms with Gasteiger partial charge >= 0.3 is 0 Å². The van der Waals surface area contributed by atoms with E-state index < -0.39 is 0 Å². The molecule has 1 atom stereocenters. The highest BCUT2D eigenvalue weighted by Crippen LogP contribution is 2.21. The summed E-state index contributed by atoms with van der Waals surface area (Å²) in [5.74, 6) is 0.0565. The van der Waals surface area contributed by atoms with Gasteiger partial charge in [0.25, 0.3) is 0 Å². The summed E-state index contributed by atoms with van der Waals surface area (Å²) in [6, 6.07) is 9.87. The van der Waals surface area contributed by atoms with E-state index in [1.807, 2.05) is 37.5 Å². The SMILES string of the molecule is Cn1ccc(CCNC2CCc3ccccc3NC2=O)n1. The molecule has 0 spiro atoms. The average molecular weight is 284 g/mol. The van der Waals surface area contributed by atoms with Crippen LogP contribution in [-0.4, -0.2) is 28.3 Å². The molecule has 2 heterocycles. The molecule has 0 radical (unpaired) electrons. The Balaban J connectivity index is 1.56. The van der Waals surface area contributed by atoms with Gasteiger partial charge in [0.15, 0.2) is 0 Å². The molecule has 21 heavy (non-hydrogen) atoms. The predicted molar refractivity (Wildman–Crippen MR) is 82.1 cm³/mol. The van der Waals surface area contributed by atoms with Crippen LogP contribution < -0.4 is 10.6 Å². The first-order valence-electron chi connectivity index (χ1n) is 7.33. The molecule has 1 aromatic carbocycles. The molecule has 1 amide bonds. The molecule has 0 bridgehead atoms.